The van der Waals surface area contributed by atoms with E-state index in [1.54, 1.807) is 0 Å². The molecule has 1 saturated carbocycles. The van der Waals surface area contributed by atoms with Gasteiger partial charge < -0.3 is 0 Å². The van der Waals surface area contributed by atoms with Crippen molar-refractivity contribution < 1.29 is 0 Å². The second-order valence-corrected chi connectivity index (χ2v) is 5.81. The topological polar surface area (TPSA) is 0 Å². The minimum Gasteiger partial charge on any atom is -0.0885 e. The largest absolute Gasteiger partial charge is 0.0885 e. The van der Waals surface area contributed by atoms with Crippen LogP contribution < -0.4 is 0 Å². The van der Waals surface area contributed by atoms with E-state index in [0.717, 1.165) is 23.7 Å². The highest BCUT2D eigenvalue weighted by atomic mass is 14.4. The molecule has 4 atom stereocenters. The Morgan fingerprint density at radius 2 is 1.88 bits per heavy atom. The van der Waals surface area contributed by atoms with E-state index in [-0.39, 0.29) is 0 Å². The predicted molar refractivity (Wildman–Crippen MR) is 73.5 cm³/mol. The van der Waals surface area contributed by atoms with Crippen molar-refractivity contribution in [3.8, 4) is 0 Å². The average Bonchev–Trinajstić information content (AvgIpc) is 2.99. The van der Waals surface area contributed by atoms with E-state index in [2.05, 4.69) is 39.8 Å². The highest BCUT2D eigenvalue weighted by Gasteiger charge is 2.30. The molecule has 0 amide bonds. The summed E-state index contributed by atoms with van der Waals surface area (Å²) in [6.45, 7) is 9.43. The average molecular weight is 222 g/mol. The van der Waals surface area contributed by atoms with Crippen LogP contribution in [0.15, 0.2) is 12.2 Å². The molecule has 94 valence electrons. The molecule has 0 aromatic rings. The molecule has 16 heavy (non-hydrogen) atoms. The zero-order chi connectivity index (χ0) is 12.0. The fourth-order valence-corrected chi connectivity index (χ4v) is 2.65. The van der Waals surface area contributed by atoms with Gasteiger partial charge in [0.2, 0.25) is 0 Å². The summed E-state index contributed by atoms with van der Waals surface area (Å²) in [6, 6.07) is 0. The maximum Gasteiger partial charge on any atom is -0.0320 e. The molecule has 0 saturated heterocycles. The minimum atomic E-state index is 0.904. The van der Waals surface area contributed by atoms with E-state index < -0.39 is 0 Å². The molecular formula is C16H30. The summed E-state index contributed by atoms with van der Waals surface area (Å²) < 4.78 is 0. The van der Waals surface area contributed by atoms with Crippen molar-refractivity contribution in [2.75, 3.05) is 0 Å². The Hall–Kier alpha value is -0.260. The fourth-order valence-electron chi connectivity index (χ4n) is 2.65. The van der Waals surface area contributed by atoms with Gasteiger partial charge in [-0.1, -0.05) is 52.7 Å². The molecule has 0 aliphatic heterocycles. The molecule has 0 heteroatoms. The molecule has 0 aromatic carbocycles. The van der Waals surface area contributed by atoms with Crippen LogP contribution in [0.4, 0.5) is 0 Å². The van der Waals surface area contributed by atoms with Crippen molar-refractivity contribution in [1.82, 2.24) is 0 Å². The molecule has 1 fully saturated rings. The fraction of sp³-hybridized carbons (Fsp3) is 0.875. The quantitative estimate of drug-likeness (QED) is 0.480. The van der Waals surface area contributed by atoms with Crippen LogP contribution in [-0.2, 0) is 0 Å². The van der Waals surface area contributed by atoms with Gasteiger partial charge in [0.25, 0.3) is 0 Å². The lowest BCUT2D eigenvalue weighted by molar-refractivity contribution is 0.319. The lowest BCUT2D eigenvalue weighted by Crippen LogP contribution is -2.09. The van der Waals surface area contributed by atoms with Crippen LogP contribution in [0.25, 0.3) is 0 Å². The van der Waals surface area contributed by atoms with E-state index in [1.807, 2.05) is 0 Å². The van der Waals surface area contributed by atoms with E-state index in [9.17, 15) is 0 Å². The first kappa shape index (κ1) is 13.8. The number of allylic oxidation sites excluding steroid dienone is 2. The zero-order valence-corrected chi connectivity index (χ0v) is 11.7. The predicted octanol–water partition coefficient (Wildman–Crippen LogP) is 5.44. The van der Waals surface area contributed by atoms with E-state index in [1.165, 1.54) is 38.5 Å². The van der Waals surface area contributed by atoms with Crippen molar-refractivity contribution in [2.45, 2.75) is 66.2 Å². The summed E-state index contributed by atoms with van der Waals surface area (Å²) in [5, 5.41) is 0. The van der Waals surface area contributed by atoms with Gasteiger partial charge >= 0.3 is 0 Å². The number of rotatable bonds is 8. The van der Waals surface area contributed by atoms with Crippen molar-refractivity contribution in [3.63, 3.8) is 0 Å². The van der Waals surface area contributed by atoms with E-state index in [0.29, 0.717) is 0 Å². The van der Waals surface area contributed by atoms with Crippen LogP contribution in [0, 0.1) is 23.7 Å². The Morgan fingerprint density at radius 3 is 2.38 bits per heavy atom. The van der Waals surface area contributed by atoms with Gasteiger partial charge in [-0.05, 0) is 49.4 Å². The molecule has 0 spiro atoms. The third-order valence-electron chi connectivity index (χ3n) is 4.56. The molecule has 1 rings (SSSR count). The standard InChI is InChI=1S/C16H30/c1-5-13(3)15(6-2)10-8-7-9-11-16-12-14(16)4/h7,9,13-16H,5-6,8,10-12H2,1-4H3. The first-order chi connectivity index (χ1) is 7.69. The number of hydrogen-bond acceptors (Lipinski definition) is 0. The smallest absolute Gasteiger partial charge is 0.0320 e. The molecule has 0 aromatic heterocycles. The first-order valence-electron chi connectivity index (χ1n) is 7.33. The van der Waals surface area contributed by atoms with Gasteiger partial charge in [0.15, 0.2) is 0 Å². The van der Waals surface area contributed by atoms with Crippen LogP contribution in [0.1, 0.15) is 66.2 Å². The van der Waals surface area contributed by atoms with Gasteiger partial charge in [0.05, 0.1) is 0 Å². The third-order valence-corrected chi connectivity index (χ3v) is 4.56. The summed E-state index contributed by atoms with van der Waals surface area (Å²) in [6.07, 6.45) is 13.0. The first-order valence-corrected chi connectivity index (χ1v) is 7.33. The van der Waals surface area contributed by atoms with Crippen molar-refractivity contribution in [3.05, 3.63) is 12.2 Å². The molecule has 4 unspecified atom stereocenters. The van der Waals surface area contributed by atoms with Crippen LogP contribution >= 0.6 is 0 Å². The lowest BCUT2D eigenvalue weighted by Gasteiger charge is -2.20. The third kappa shape index (κ3) is 4.72. The molecular weight excluding hydrogens is 192 g/mol. The number of hydrogen-bond donors (Lipinski definition) is 0. The van der Waals surface area contributed by atoms with Crippen molar-refractivity contribution in [2.24, 2.45) is 23.7 Å². The molecule has 0 radical (unpaired) electrons. The second kappa shape index (κ2) is 7.14. The summed E-state index contributed by atoms with van der Waals surface area (Å²) >= 11 is 0. The molecule has 0 N–H and O–H groups in total. The van der Waals surface area contributed by atoms with Gasteiger partial charge in [-0.3, -0.25) is 0 Å². The monoisotopic (exact) mass is 222 g/mol. The maximum atomic E-state index is 2.43. The molecule has 0 heterocycles. The zero-order valence-electron chi connectivity index (χ0n) is 11.7. The van der Waals surface area contributed by atoms with Crippen molar-refractivity contribution >= 4 is 0 Å². The van der Waals surface area contributed by atoms with Gasteiger partial charge in [-0.25, -0.2) is 0 Å². The summed E-state index contributed by atoms with van der Waals surface area (Å²) in [5.41, 5.74) is 0. The second-order valence-electron chi connectivity index (χ2n) is 5.81. The van der Waals surface area contributed by atoms with Crippen LogP contribution in [-0.4, -0.2) is 0 Å². The molecule has 1 aliphatic rings. The van der Waals surface area contributed by atoms with E-state index in [4.69, 9.17) is 0 Å². The Kier molecular flexibility index (Phi) is 6.16. The van der Waals surface area contributed by atoms with Gasteiger partial charge in [0.1, 0.15) is 0 Å². The summed E-state index contributed by atoms with van der Waals surface area (Å²) in [7, 11) is 0. The van der Waals surface area contributed by atoms with Crippen LogP contribution in [0.2, 0.25) is 0 Å². The van der Waals surface area contributed by atoms with Gasteiger partial charge in [0, 0.05) is 0 Å². The normalized spacial score (nSPS) is 28.2. The minimum absolute atomic E-state index is 0.904. The Morgan fingerprint density at radius 1 is 1.19 bits per heavy atom. The highest BCUT2D eigenvalue weighted by molar-refractivity contribution is 4.92. The van der Waals surface area contributed by atoms with Gasteiger partial charge in [-0.2, -0.15) is 0 Å². The van der Waals surface area contributed by atoms with Crippen molar-refractivity contribution in [1.29, 1.82) is 0 Å². The van der Waals surface area contributed by atoms with Crippen LogP contribution in [0.5, 0.6) is 0 Å². The lowest BCUT2D eigenvalue weighted by atomic mass is 9.86. The SMILES string of the molecule is CCC(C)C(CC)CCC=CCC1CC1C. The molecule has 1 aliphatic carbocycles. The maximum absolute atomic E-state index is 2.43. The molecule has 0 bridgehead atoms. The Labute approximate surface area is 103 Å². The van der Waals surface area contributed by atoms with Gasteiger partial charge in [-0.15, -0.1) is 0 Å². The van der Waals surface area contributed by atoms with E-state index >= 15 is 0 Å². The highest BCUT2D eigenvalue weighted by Crippen LogP contribution is 2.40. The summed E-state index contributed by atoms with van der Waals surface area (Å²) in [5.74, 6) is 3.87. The molecule has 0 nitrogen and oxygen atoms in total. The Bertz CT molecular complexity index is 204. The van der Waals surface area contributed by atoms with Crippen LogP contribution in [0.3, 0.4) is 0 Å². The Balaban J connectivity index is 2.07. The summed E-state index contributed by atoms with van der Waals surface area (Å²) in [4.78, 5) is 0.